The van der Waals surface area contributed by atoms with Gasteiger partial charge in [0, 0.05) is 26.1 Å². The molecule has 2 aromatic rings. The number of nitrogens with zero attached hydrogens (tertiary/aromatic N) is 1. The lowest BCUT2D eigenvalue weighted by Crippen LogP contribution is -2.51. The van der Waals surface area contributed by atoms with Crippen molar-refractivity contribution in [3.05, 3.63) is 65.7 Å². The zero-order chi connectivity index (χ0) is 24.6. The van der Waals surface area contributed by atoms with E-state index in [1.807, 2.05) is 0 Å². The van der Waals surface area contributed by atoms with E-state index in [9.17, 15) is 9.35 Å². The minimum atomic E-state index is -1.38. The zero-order valence-electron chi connectivity index (χ0n) is 20.7. The molecule has 184 valence electrons. The Hall–Kier alpha value is -2.12. The molecule has 0 aliphatic carbocycles. The molecule has 6 heteroatoms. The van der Waals surface area contributed by atoms with Crippen molar-refractivity contribution in [3.8, 4) is 11.1 Å². The Morgan fingerprint density at radius 1 is 1.09 bits per heavy atom. The molecule has 0 spiro atoms. The van der Waals surface area contributed by atoms with Gasteiger partial charge in [-0.05, 0) is 65.2 Å². The van der Waals surface area contributed by atoms with Gasteiger partial charge in [0.2, 0.25) is 4.75 Å². The van der Waals surface area contributed by atoms with Crippen molar-refractivity contribution in [3.63, 3.8) is 0 Å². The quantitative estimate of drug-likeness (QED) is 0.200. The van der Waals surface area contributed by atoms with Crippen LogP contribution in [-0.4, -0.2) is 51.2 Å². The summed E-state index contributed by atoms with van der Waals surface area (Å²) in [7, 11) is 0. The molecule has 1 amide bonds. The fourth-order valence-electron chi connectivity index (χ4n) is 4.37. The molecule has 1 heterocycles. The first-order chi connectivity index (χ1) is 16.4. The van der Waals surface area contributed by atoms with Crippen LogP contribution in [0.4, 0.5) is 0 Å². The fourth-order valence-corrected chi connectivity index (χ4v) is 5.06. The van der Waals surface area contributed by atoms with Crippen LogP contribution in [0.25, 0.3) is 16.7 Å². The molecule has 2 aromatic carbocycles. The van der Waals surface area contributed by atoms with E-state index in [0.29, 0.717) is 13.0 Å². The molecule has 0 bridgehead atoms. The number of unbranched alkanes of at least 4 members (excludes halogenated alkanes) is 2. The maximum Gasteiger partial charge on any atom is 0.299 e. The maximum absolute atomic E-state index is 12.1. The van der Waals surface area contributed by atoms with Crippen LogP contribution in [0.5, 0.6) is 0 Å². The van der Waals surface area contributed by atoms with Crippen LogP contribution in [0.15, 0.2) is 54.6 Å². The Kier molecular flexibility index (Phi) is 9.77. The van der Waals surface area contributed by atoms with Crippen molar-refractivity contribution >= 4 is 22.7 Å². The molecule has 1 aliphatic rings. The minimum Gasteiger partial charge on any atom is -0.616 e. The second-order valence-corrected chi connectivity index (χ2v) is 11.2. The number of carbonyl (C=O) groups is 1. The molecule has 1 aliphatic heterocycles. The second kappa shape index (κ2) is 12.5. The summed E-state index contributed by atoms with van der Waals surface area (Å²) in [5.74, 6) is -0.590. The summed E-state index contributed by atoms with van der Waals surface area (Å²) in [4.78, 5) is 14.3. The van der Waals surface area contributed by atoms with E-state index in [1.54, 1.807) is 12.4 Å². The van der Waals surface area contributed by atoms with Crippen LogP contribution in [0, 0.1) is 0 Å². The van der Waals surface area contributed by atoms with E-state index < -0.39 is 21.8 Å². The highest BCUT2D eigenvalue weighted by Crippen LogP contribution is 2.28. The normalized spacial score (nSPS) is 17.0. The summed E-state index contributed by atoms with van der Waals surface area (Å²) >= 11 is -1.38. The van der Waals surface area contributed by atoms with Gasteiger partial charge in [-0.3, -0.25) is 14.9 Å². The Morgan fingerprint density at radius 3 is 2.24 bits per heavy atom. The van der Waals surface area contributed by atoms with Gasteiger partial charge in [-0.25, -0.2) is 5.48 Å². The lowest BCUT2D eigenvalue weighted by Gasteiger charge is -2.32. The molecular weight excluding hydrogens is 444 g/mol. The topological polar surface area (TPSA) is 75.6 Å². The van der Waals surface area contributed by atoms with Crippen molar-refractivity contribution in [1.29, 1.82) is 0 Å². The van der Waals surface area contributed by atoms with Gasteiger partial charge in [0.1, 0.15) is 0 Å². The molecular formula is C28H38N2O3S. The number of amides is 1. The number of nitrogens with one attached hydrogen (secondary N) is 1. The van der Waals surface area contributed by atoms with Crippen molar-refractivity contribution in [2.24, 2.45) is 0 Å². The first kappa shape index (κ1) is 26.5. The molecule has 0 saturated heterocycles. The van der Waals surface area contributed by atoms with E-state index in [4.69, 9.17) is 5.21 Å². The van der Waals surface area contributed by atoms with Gasteiger partial charge < -0.3 is 4.55 Å². The van der Waals surface area contributed by atoms with Gasteiger partial charge in [-0.15, -0.1) is 0 Å². The largest absolute Gasteiger partial charge is 0.616 e. The minimum absolute atomic E-state index is 0.428. The fraction of sp³-hybridized carbons (Fsp3) is 0.464. The van der Waals surface area contributed by atoms with Crippen molar-refractivity contribution in [2.45, 2.75) is 57.1 Å². The Labute approximate surface area is 207 Å². The van der Waals surface area contributed by atoms with Crippen molar-refractivity contribution in [2.75, 3.05) is 25.9 Å². The van der Waals surface area contributed by atoms with Crippen molar-refractivity contribution < 1.29 is 14.6 Å². The van der Waals surface area contributed by atoms with Gasteiger partial charge in [0.25, 0.3) is 5.91 Å². The van der Waals surface area contributed by atoms with Crippen molar-refractivity contribution in [1.82, 2.24) is 10.4 Å². The first-order valence-electron chi connectivity index (χ1n) is 12.3. The lowest BCUT2D eigenvalue weighted by atomic mass is 9.95. The summed E-state index contributed by atoms with van der Waals surface area (Å²) in [6.07, 6.45) is 10.1. The number of hydrogen-bond acceptors (Lipinski definition) is 4. The third-order valence-electron chi connectivity index (χ3n) is 7.03. The Balaban J connectivity index is 1.56. The predicted molar refractivity (Wildman–Crippen MR) is 141 cm³/mol. The zero-order valence-corrected chi connectivity index (χ0v) is 21.5. The molecule has 0 radical (unpaired) electrons. The van der Waals surface area contributed by atoms with Gasteiger partial charge in [-0.2, -0.15) is 0 Å². The summed E-state index contributed by atoms with van der Waals surface area (Å²) in [5, 5.41) is 9.00. The molecule has 3 rings (SSSR count). The Bertz CT molecular complexity index is 957. The highest BCUT2D eigenvalue weighted by atomic mass is 32.2. The van der Waals surface area contributed by atoms with Crippen LogP contribution in [-0.2, 0) is 22.4 Å². The van der Waals surface area contributed by atoms with E-state index in [2.05, 4.69) is 66.4 Å². The van der Waals surface area contributed by atoms with Crippen LogP contribution in [0.2, 0.25) is 0 Å². The van der Waals surface area contributed by atoms with Gasteiger partial charge in [-0.1, -0.05) is 74.4 Å². The molecule has 0 saturated carbocycles. The SMILES string of the molecule is CCCCCc1ccc(-c2ccc(C3=CCN(CCC(C)(C(=O)NO)[S+](C)[O-])CC3)cc2)cc1. The van der Waals surface area contributed by atoms with Crippen LogP contribution >= 0.6 is 0 Å². The summed E-state index contributed by atoms with van der Waals surface area (Å²) in [6.45, 7) is 6.21. The summed E-state index contributed by atoms with van der Waals surface area (Å²) in [5.41, 5.74) is 8.15. The molecule has 0 aromatic heterocycles. The average Bonchev–Trinajstić information content (AvgIpc) is 2.87. The molecule has 2 atom stereocenters. The second-order valence-electron chi connectivity index (χ2n) is 9.39. The number of hydrogen-bond donors (Lipinski definition) is 2. The third-order valence-corrected chi connectivity index (χ3v) is 8.69. The number of benzene rings is 2. The number of rotatable bonds is 11. The third kappa shape index (κ3) is 6.72. The van der Waals surface area contributed by atoms with Gasteiger partial charge >= 0.3 is 0 Å². The van der Waals surface area contributed by atoms with E-state index in [1.165, 1.54) is 53.3 Å². The number of aryl methyl sites for hydroxylation is 1. The van der Waals surface area contributed by atoms with Gasteiger partial charge in [0.05, 0.1) is 6.26 Å². The summed E-state index contributed by atoms with van der Waals surface area (Å²) in [6, 6.07) is 17.8. The molecule has 34 heavy (non-hydrogen) atoms. The standard InChI is InChI=1S/C28H38N2O3S/c1-4-5-6-7-22-8-10-23(11-9-22)24-12-14-25(15-13-24)26-16-19-30(20-17-26)21-18-28(2,34(3)33)27(31)29-32/h8-16,32H,4-7,17-21H2,1-3H3,(H,29,31). The lowest BCUT2D eigenvalue weighted by molar-refractivity contribution is -0.131. The Morgan fingerprint density at radius 2 is 1.71 bits per heavy atom. The van der Waals surface area contributed by atoms with E-state index in [-0.39, 0.29) is 0 Å². The first-order valence-corrected chi connectivity index (χ1v) is 13.8. The van der Waals surface area contributed by atoms with Crippen LogP contribution < -0.4 is 5.48 Å². The number of carbonyl (C=O) groups excluding carboxylic acids is 1. The van der Waals surface area contributed by atoms with Gasteiger partial charge in [0.15, 0.2) is 0 Å². The summed E-state index contributed by atoms with van der Waals surface area (Å²) < 4.78 is 11.0. The molecule has 0 fully saturated rings. The highest BCUT2D eigenvalue weighted by molar-refractivity contribution is 7.92. The molecule has 2 N–H and O–H groups in total. The van der Waals surface area contributed by atoms with Crippen LogP contribution in [0.3, 0.4) is 0 Å². The van der Waals surface area contributed by atoms with E-state index >= 15 is 0 Å². The average molecular weight is 483 g/mol. The number of hydroxylamine groups is 1. The maximum atomic E-state index is 12.1. The smallest absolute Gasteiger partial charge is 0.299 e. The molecule has 2 unspecified atom stereocenters. The van der Waals surface area contributed by atoms with Crippen LogP contribution in [0.1, 0.15) is 57.1 Å². The highest BCUT2D eigenvalue weighted by Gasteiger charge is 2.42. The monoisotopic (exact) mass is 482 g/mol. The predicted octanol–water partition coefficient (Wildman–Crippen LogP) is 5.21. The van der Waals surface area contributed by atoms with E-state index in [0.717, 1.165) is 25.9 Å². The molecule has 5 nitrogen and oxygen atoms in total.